The molecule has 1 aliphatic heterocycles. The minimum atomic E-state index is -1.27. The zero-order chi connectivity index (χ0) is 25.9. The molecule has 37 heavy (non-hydrogen) atoms. The number of ether oxygens (including phenoxy) is 1. The van der Waals surface area contributed by atoms with Crippen LogP contribution in [-0.4, -0.2) is 51.2 Å². The Labute approximate surface area is 213 Å². The van der Waals surface area contributed by atoms with Gasteiger partial charge >= 0.3 is 5.97 Å². The Bertz CT molecular complexity index is 1540. The molecule has 0 aliphatic carbocycles. The third-order valence-electron chi connectivity index (χ3n) is 6.10. The predicted octanol–water partition coefficient (Wildman–Crippen LogP) is 4.21. The highest BCUT2D eigenvalue weighted by Gasteiger charge is 2.36. The van der Waals surface area contributed by atoms with E-state index in [-0.39, 0.29) is 11.1 Å². The molecule has 2 heterocycles. The fraction of sp³-hybridized carbons (Fsp3) is 0.103. The largest absolute Gasteiger partial charge is 0.496 e. The molecule has 3 aromatic carbocycles. The third-order valence-corrected chi connectivity index (χ3v) is 6.10. The Balaban J connectivity index is 1.68. The standard InChI is InChI=1S/C29H23N3O5/c1-37-25-14-8-7-13-23(25)27-20(17-31(30-27)16-19-9-3-2-4-10-19)15-24-21-11-5-6-12-22(21)28(35)32(29(24)36)18-26(33)34/h2-15,17H,16,18H2,1H3,(H,33,34)/b24-15+. The van der Waals surface area contributed by atoms with Gasteiger partial charge in [-0.2, -0.15) is 5.10 Å². The zero-order valence-corrected chi connectivity index (χ0v) is 20.0. The Kier molecular flexibility index (Phi) is 6.38. The average Bonchev–Trinajstić information content (AvgIpc) is 3.31. The second-order valence-electron chi connectivity index (χ2n) is 8.51. The lowest BCUT2D eigenvalue weighted by Gasteiger charge is -2.27. The number of carboxylic acids is 1. The SMILES string of the molecule is COc1ccccc1-c1nn(Cc2ccccc2)cc1/C=C1/C(=O)N(CC(=O)O)C(=O)c2ccccc21. The number of aromatic nitrogens is 2. The molecule has 0 unspecified atom stereocenters. The van der Waals surface area contributed by atoms with E-state index in [2.05, 4.69) is 0 Å². The molecule has 1 aromatic heterocycles. The molecule has 0 saturated carbocycles. The van der Waals surface area contributed by atoms with Gasteiger partial charge in [0, 0.05) is 28.5 Å². The smallest absolute Gasteiger partial charge is 0.323 e. The van der Waals surface area contributed by atoms with Crippen molar-refractivity contribution in [2.24, 2.45) is 0 Å². The van der Waals surface area contributed by atoms with Crippen LogP contribution in [0.25, 0.3) is 22.9 Å². The molecule has 4 aromatic rings. The van der Waals surface area contributed by atoms with Crippen LogP contribution in [0, 0.1) is 0 Å². The molecular weight excluding hydrogens is 470 g/mol. The van der Waals surface area contributed by atoms with Gasteiger partial charge in [0.1, 0.15) is 18.0 Å². The van der Waals surface area contributed by atoms with Crippen molar-refractivity contribution in [3.05, 3.63) is 107 Å². The van der Waals surface area contributed by atoms with E-state index >= 15 is 0 Å². The Morgan fingerprint density at radius 3 is 2.24 bits per heavy atom. The fourth-order valence-electron chi connectivity index (χ4n) is 4.42. The van der Waals surface area contributed by atoms with Gasteiger partial charge in [-0.25, -0.2) is 0 Å². The van der Waals surface area contributed by atoms with Crippen LogP contribution in [0.3, 0.4) is 0 Å². The van der Waals surface area contributed by atoms with Crippen molar-refractivity contribution in [1.29, 1.82) is 0 Å². The minimum absolute atomic E-state index is 0.215. The van der Waals surface area contributed by atoms with Crippen LogP contribution in [-0.2, 0) is 16.1 Å². The predicted molar refractivity (Wildman–Crippen MR) is 138 cm³/mol. The van der Waals surface area contributed by atoms with Crippen LogP contribution in [0.15, 0.2) is 85.1 Å². The molecule has 0 saturated heterocycles. The van der Waals surface area contributed by atoms with Crippen LogP contribution in [0.5, 0.6) is 5.75 Å². The van der Waals surface area contributed by atoms with E-state index in [0.717, 1.165) is 16.0 Å². The summed E-state index contributed by atoms with van der Waals surface area (Å²) < 4.78 is 7.35. The number of para-hydroxylation sites is 1. The monoisotopic (exact) mass is 493 g/mol. The number of rotatable bonds is 7. The highest BCUT2D eigenvalue weighted by molar-refractivity contribution is 6.34. The molecule has 184 valence electrons. The molecule has 0 spiro atoms. The number of hydrogen-bond acceptors (Lipinski definition) is 5. The molecular formula is C29H23N3O5. The summed E-state index contributed by atoms with van der Waals surface area (Å²) >= 11 is 0. The molecule has 1 N–H and O–H groups in total. The first-order chi connectivity index (χ1) is 18.0. The van der Waals surface area contributed by atoms with Gasteiger partial charge in [0.25, 0.3) is 11.8 Å². The number of carbonyl (C=O) groups excluding carboxylic acids is 2. The van der Waals surface area contributed by atoms with Crippen molar-refractivity contribution >= 4 is 29.4 Å². The van der Waals surface area contributed by atoms with Crippen molar-refractivity contribution < 1.29 is 24.2 Å². The minimum Gasteiger partial charge on any atom is -0.496 e. The zero-order valence-electron chi connectivity index (χ0n) is 20.0. The number of benzene rings is 3. The summed E-state index contributed by atoms with van der Waals surface area (Å²) in [6.07, 6.45) is 3.49. The normalized spacial score (nSPS) is 14.1. The summed E-state index contributed by atoms with van der Waals surface area (Å²) in [5.41, 5.74) is 3.93. The summed E-state index contributed by atoms with van der Waals surface area (Å²) in [7, 11) is 1.58. The van der Waals surface area contributed by atoms with Gasteiger partial charge in [-0.1, -0.05) is 60.7 Å². The van der Waals surface area contributed by atoms with Gasteiger partial charge in [0.05, 0.1) is 13.7 Å². The lowest BCUT2D eigenvalue weighted by atomic mass is 9.91. The summed E-state index contributed by atoms with van der Waals surface area (Å²) in [5.74, 6) is -1.96. The molecule has 0 bridgehead atoms. The van der Waals surface area contributed by atoms with Crippen LogP contribution in [0.2, 0.25) is 0 Å². The molecule has 0 atom stereocenters. The molecule has 0 fully saturated rings. The summed E-state index contributed by atoms with van der Waals surface area (Å²) in [4.78, 5) is 38.5. The number of aliphatic carboxylic acids is 1. The van der Waals surface area contributed by atoms with E-state index in [4.69, 9.17) is 9.84 Å². The van der Waals surface area contributed by atoms with Gasteiger partial charge < -0.3 is 9.84 Å². The number of fused-ring (bicyclic) bond motifs is 1. The molecule has 2 amide bonds. The van der Waals surface area contributed by atoms with Crippen molar-refractivity contribution in [2.75, 3.05) is 13.7 Å². The Morgan fingerprint density at radius 1 is 0.892 bits per heavy atom. The number of imide groups is 1. The number of carbonyl (C=O) groups is 3. The molecule has 8 heteroatoms. The maximum absolute atomic E-state index is 13.4. The highest BCUT2D eigenvalue weighted by Crippen LogP contribution is 2.35. The van der Waals surface area contributed by atoms with Crippen molar-refractivity contribution in [2.45, 2.75) is 6.54 Å². The van der Waals surface area contributed by atoms with Crippen molar-refractivity contribution in [3.8, 4) is 17.0 Å². The van der Waals surface area contributed by atoms with Gasteiger partial charge in [-0.3, -0.25) is 24.0 Å². The topological polar surface area (TPSA) is 102 Å². The number of nitrogens with zero attached hydrogens (tertiary/aromatic N) is 3. The number of amides is 2. The molecule has 0 radical (unpaired) electrons. The van der Waals surface area contributed by atoms with Crippen LogP contribution >= 0.6 is 0 Å². The van der Waals surface area contributed by atoms with Gasteiger partial charge in [0.2, 0.25) is 0 Å². The average molecular weight is 494 g/mol. The Morgan fingerprint density at radius 2 is 1.54 bits per heavy atom. The van der Waals surface area contributed by atoms with Gasteiger partial charge in [-0.05, 0) is 35.4 Å². The van der Waals surface area contributed by atoms with E-state index in [1.807, 2.05) is 60.8 Å². The van der Waals surface area contributed by atoms with E-state index in [9.17, 15) is 19.5 Å². The second kappa shape index (κ2) is 9.94. The first-order valence-corrected chi connectivity index (χ1v) is 11.6. The van der Waals surface area contributed by atoms with Crippen molar-refractivity contribution in [3.63, 3.8) is 0 Å². The lowest BCUT2D eigenvalue weighted by Crippen LogP contribution is -2.44. The van der Waals surface area contributed by atoms with E-state index < -0.39 is 24.3 Å². The van der Waals surface area contributed by atoms with Crippen LogP contribution in [0.4, 0.5) is 0 Å². The summed E-state index contributed by atoms with van der Waals surface area (Å²) in [5, 5.41) is 14.1. The van der Waals surface area contributed by atoms with Crippen LogP contribution in [0.1, 0.15) is 27.0 Å². The third kappa shape index (κ3) is 4.64. The highest BCUT2D eigenvalue weighted by atomic mass is 16.5. The Hall–Kier alpha value is -4.98. The van der Waals surface area contributed by atoms with Crippen molar-refractivity contribution in [1.82, 2.24) is 14.7 Å². The van der Waals surface area contributed by atoms with E-state index in [1.165, 1.54) is 0 Å². The van der Waals surface area contributed by atoms with Gasteiger partial charge in [0.15, 0.2) is 0 Å². The van der Waals surface area contributed by atoms with Crippen LogP contribution < -0.4 is 4.74 Å². The quantitative estimate of drug-likeness (QED) is 0.306. The maximum atomic E-state index is 13.4. The fourth-order valence-corrected chi connectivity index (χ4v) is 4.42. The maximum Gasteiger partial charge on any atom is 0.323 e. The molecule has 1 aliphatic rings. The summed E-state index contributed by atoms with van der Waals surface area (Å²) in [6.45, 7) is -0.226. The first-order valence-electron chi connectivity index (χ1n) is 11.6. The molecule has 5 rings (SSSR count). The van der Waals surface area contributed by atoms with Gasteiger partial charge in [-0.15, -0.1) is 0 Å². The van der Waals surface area contributed by atoms with E-state index in [1.54, 1.807) is 42.1 Å². The number of methoxy groups -OCH3 is 1. The first kappa shape index (κ1) is 23.7. The number of carboxylic acid groups (broad SMARTS) is 1. The lowest BCUT2D eigenvalue weighted by molar-refractivity contribution is -0.141. The number of hydrogen-bond donors (Lipinski definition) is 1. The second-order valence-corrected chi connectivity index (χ2v) is 8.51. The molecule has 8 nitrogen and oxygen atoms in total. The van der Waals surface area contributed by atoms with E-state index in [0.29, 0.717) is 29.1 Å². The summed E-state index contributed by atoms with van der Waals surface area (Å²) in [6, 6.07) is 24.0.